The Morgan fingerprint density at radius 3 is 2.79 bits per heavy atom. The van der Waals surface area contributed by atoms with Gasteiger partial charge in [-0.3, -0.25) is 4.79 Å². The van der Waals surface area contributed by atoms with Gasteiger partial charge in [0.1, 0.15) is 6.79 Å². The van der Waals surface area contributed by atoms with Crippen molar-refractivity contribution in [3.8, 4) is 0 Å². The standard InChI is InChI=1S/C14H24O5/c1-11-8-12(9-16-2)4-5-13(18-10-17-3)6-7-14(15)19-11/h4-5,11-13H,6-10H2,1-3H3/b5-4+/t11-,12-,13-/m1/s1. The van der Waals surface area contributed by atoms with Gasteiger partial charge < -0.3 is 18.9 Å². The Kier molecular flexibility index (Phi) is 7.70. The first-order valence-electron chi connectivity index (χ1n) is 6.63. The van der Waals surface area contributed by atoms with Gasteiger partial charge in [0, 0.05) is 26.6 Å². The van der Waals surface area contributed by atoms with E-state index < -0.39 is 0 Å². The first kappa shape index (κ1) is 16.1. The molecule has 0 saturated carbocycles. The third kappa shape index (κ3) is 6.71. The molecule has 1 aliphatic rings. The summed E-state index contributed by atoms with van der Waals surface area (Å²) >= 11 is 0. The van der Waals surface area contributed by atoms with Crippen molar-refractivity contribution in [1.29, 1.82) is 0 Å². The van der Waals surface area contributed by atoms with Crippen molar-refractivity contribution in [1.82, 2.24) is 0 Å². The minimum absolute atomic E-state index is 0.0891. The monoisotopic (exact) mass is 272 g/mol. The van der Waals surface area contributed by atoms with Crippen LogP contribution in [0.4, 0.5) is 0 Å². The van der Waals surface area contributed by atoms with Gasteiger partial charge in [0.05, 0.1) is 18.8 Å². The average molecular weight is 272 g/mol. The minimum atomic E-state index is -0.176. The highest BCUT2D eigenvalue weighted by atomic mass is 16.7. The lowest BCUT2D eigenvalue weighted by Crippen LogP contribution is -2.23. The summed E-state index contributed by atoms with van der Waals surface area (Å²) in [5, 5.41) is 0. The lowest BCUT2D eigenvalue weighted by Gasteiger charge is -2.22. The molecule has 3 atom stereocenters. The summed E-state index contributed by atoms with van der Waals surface area (Å²) in [4.78, 5) is 11.6. The van der Waals surface area contributed by atoms with Gasteiger partial charge in [0.2, 0.25) is 0 Å². The molecule has 0 aromatic heterocycles. The third-order valence-electron chi connectivity index (χ3n) is 2.98. The fourth-order valence-electron chi connectivity index (χ4n) is 2.11. The SMILES string of the molecule is COCO[C@@H]1/C=C/[C@@H](COC)C[C@@H](C)OC(=O)CC1. The number of methoxy groups -OCH3 is 2. The molecule has 110 valence electrons. The summed E-state index contributed by atoms with van der Waals surface area (Å²) in [6.45, 7) is 2.74. The van der Waals surface area contributed by atoms with Crippen LogP contribution < -0.4 is 0 Å². The second-order valence-electron chi connectivity index (χ2n) is 4.79. The highest BCUT2D eigenvalue weighted by Gasteiger charge is 2.18. The molecule has 0 fully saturated rings. The lowest BCUT2D eigenvalue weighted by molar-refractivity contribution is -0.150. The number of cyclic esters (lactones) is 1. The van der Waals surface area contributed by atoms with E-state index >= 15 is 0 Å². The largest absolute Gasteiger partial charge is 0.463 e. The number of hydrogen-bond donors (Lipinski definition) is 0. The Labute approximate surface area is 114 Å². The number of hydrogen-bond acceptors (Lipinski definition) is 5. The number of carbonyl (C=O) groups excluding carboxylic acids is 1. The van der Waals surface area contributed by atoms with E-state index in [0.29, 0.717) is 19.4 Å². The van der Waals surface area contributed by atoms with Gasteiger partial charge in [-0.25, -0.2) is 0 Å². The van der Waals surface area contributed by atoms with Crippen molar-refractivity contribution in [2.24, 2.45) is 5.92 Å². The van der Waals surface area contributed by atoms with Gasteiger partial charge in [-0.05, 0) is 19.8 Å². The smallest absolute Gasteiger partial charge is 0.306 e. The molecule has 1 aliphatic heterocycles. The summed E-state index contributed by atoms with van der Waals surface area (Å²) in [7, 11) is 3.25. The highest BCUT2D eigenvalue weighted by molar-refractivity contribution is 5.69. The van der Waals surface area contributed by atoms with E-state index in [0.717, 1.165) is 6.42 Å². The molecular weight excluding hydrogens is 248 g/mol. The first-order valence-corrected chi connectivity index (χ1v) is 6.63. The molecule has 0 saturated heterocycles. The van der Waals surface area contributed by atoms with Gasteiger partial charge >= 0.3 is 5.97 Å². The number of carbonyl (C=O) groups is 1. The van der Waals surface area contributed by atoms with Crippen molar-refractivity contribution in [3.63, 3.8) is 0 Å². The van der Waals surface area contributed by atoms with E-state index in [2.05, 4.69) is 6.08 Å². The molecule has 0 aromatic rings. The summed E-state index contributed by atoms with van der Waals surface area (Å²) in [5.41, 5.74) is 0. The van der Waals surface area contributed by atoms with Crippen LogP contribution in [0.1, 0.15) is 26.2 Å². The maximum atomic E-state index is 11.6. The molecule has 19 heavy (non-hydrogen) atoms. The summed E-state index contributed by atoms with van der Waals surface area (Å²) in [6, 6.07) is 0. The van der Waals surface area contributed by atoms with Crippen LogP contribution in [-0.2, 0) is 23.7 Å². The Morgan fingerprint density at radius 1 is 1.32 bits per heavy atom. The zero-order valence-electron chi connectivity index (χ0n) is 12.0. The molecule has 0 unspecified atom stereocenters. The molecule has 0 amide bonds. The molecule has 0 spiro atoms. The molecule has 0 bridgehead atoms. The van der Waals surface area contributed by atoms with Crippen molar-refractivity contribution in [3.05, 3.63) is 12.2 Å². The zero-order chi connectivity index (χ0) is 14.1. The normalized spacial score (nSPS) is 30.7. The van der Waals surface area contributed by atoms with Gasteiger partial charge in [-0.2, -0.15) is 0 Å². The zero-order valence-corrected chi connectivity index (χ0v) is 12.0. The molecule has 0 aromatic carbocycles. The molecule has 5 heteroatoms. The molecule has 1 heterocycles. The summed E-state index contributed by atoms with van der Waals surface area (Å²) in [5.74, 6) is 0.0459. The Bertz CT molecular complexity index is 290. The van der Waals surface area contributed by atoms with Crippen LogP contribution in [0.5, 0.6) is 0 Å². The molecule has 5 nitrogen and oxygen atoms in total. The maximum absolute atomic E-state index is 11.6. The van der Waals surface area contributed by atoms with Gasteiger partial charge in [0.25, 0.3) is 0 Å². The van der Waals surface area contributed by atoms with Crippen LogP contribution in [0.2, 0.25) is 0 Å². The van der Waals surface area contributed by atoms with Crippen LogP contribution in [0.25, 0.3) is 0 Å². The van der Waals surface area contributed by atoms with E-state index in [4.69, 9.17) is 18.9 Å². The van der Waals surface area contributed by atoms with E-state index in [1.54, 1.807) is 14.2 Å². The summed E-state index contributed by atoms with van der Waals surface area (Å²) in [6.07, 6.45) is 5.58. The van der Waals surface area contributed by atoms with E-state index in [9.17, 15) is 4.79 Å². The Morgan fingerprint density at radius 2 is 2.11 bits per heavy atom. The molecule has 0 radical (unpaired) electrons. The van der Waals surface area contributed by atoms with Crippen LogP contribution in [0.15, 0.2) is 12.2 Å². The number of ether oxygens (including phenoxy) is 4. The van der Waals surface area contributed by atoms with Crippen LogP contribution in [0.3, 0.4) is 0 Å². The number of rotatable bonds is 5. The Balaban J connectivity index is 2.67. The predicted molar refractivity (Wildman–Crippen MR) is 70.7 cm³/mol. The minimum Gasteiger partial charge on any atom is -0.463 e. The molecule has 0 aliphatic carbocycles. The van der Waals surface area contributed by atoms with E-state index in [1.165, 1.54) is 0 Å². The Hall–Kier alpha value is -0.910. The first-order chi connectivity index (χ1) is 9.15. The van der Waals surface area contributed by atoms with E-state index in [1.807, 2.05) is 13.0 Å². The van der Waals surface area contributed by atoms with E-state index in [-0.39, 0.29) is 30.9 Å². The van der Waals surface area contributed by atoms with Gasteiger partial charge in [-0.1, -0.05) is 12.2 Å². The van der Waals surface area contributed by atoms with Crippen molar-refractivity contribution >= 4 is 5.97 Å². The van der Waals surface area contributed by atoms with Gasteiger partial charge in [0.15, 0.2) is 0 Å². The average Bonchev–Trinajstić information content (AvgIpc) is 2.37. The van der Waals surface area contributed by atoms with Crippen molar-refractivity contribution < 1.29 is 23.7 Å². The van der Waals surface area contributed by atoms with Crippen LogP contribution in [0, 0.1) is 5.92 Å². The highest BCUT2D eigenvalue weighted by Crippen LogP contribution is 2.17. The van der Waals surface area contributed by atoms with Crippen LogP contribution >= 0.6 is 0 Å². The molecule has 0 N–H and O–H groups in total. The van der Waals surface area contributed by atoms with Crippen molar-refractivity contribution in [2.75, 3.05) is 27.6 Å². The second-order valence-corrected chi connectivity index (χ2v) is 4.79. The fourth-order valence-corrected chi connectivity index (χ4v) is 2.11. The maximum Gasteiger partial charge on any atom is 0.306 e. The molecular formula is C14H24O5. The quantitative estimate of drug-likeness (QED) is 0.435. The fraction of sp³-hybridized carbons (Fsp3) is 0.786. The lowest BCUT2D eigenvalue weighted by atomic mass is 10.00. The molecule has 1 rings (SSSR count). The van der Waals surface area contributed by atoms with Gasteiger partial charge in [-0.15, -0.1) is 0 Å². The van der Waals surface area contributed by atoms with Crippen LogP contribution in [-0.4, -0.2) is 45.8 Å². The summed E-state index contributed by atoms with van der Waals surface area (Å²) < 4.78 is 20.9. The third-order valence-corrected chi connectivity index (χ3v) is 2.98. The second kappa shape index (κ2) is 9.07. The number of esters is 1. The predicted octanol–water partition coefficient (Wildman–Crippen LogP) is 1.91. The topological polar surface area (TPSA) is 54.0 Å². The van der Waals surface area contributed by atoms with Crippen molar-refractivity contribution in [2.45, 2.75) is 38.4 Å².